The van der Waals surface area contributed by atoms with Crippen molar-refractivity contribution in [2.24, 2.45) is 5.16 Å². The van der Waals surface area contributed by atoms with Gasteiger partial charge in [-0.25, -0.2) is 0 Å². The van der Waals surface area contributed by atoms with Crippen LogP contribution < -0.4 is 0 Å². The summed E-state index contributed by atoms with van der Waals surface area (Å²) in [6, 6.07) is 9.20. The molecule has 0 atom stereocenters. The van der Waals surface area contributed by atoms with E-state index in [1.807, 2.05) is 30.3 Å². The van der Waals surface area contributed by atoms with Crippen molar-refractivity contribution >= 4 is 11.5 Å². The molecule has 74 valence electrons. The average Bonchev–Trinajstić information content (AvgIpc) is 2.26. The summed E-state index contributed by atoms with van der Waals surface area (Å²) in [7, 11) is 0. The first kappa shape index (κ1) is 10.4. The van der Waals surface area contributed by atoms with E-state index in [-0.39, 0.29) is 12.2 Å². The minimum atomic E-state index is 0.0710. The number of rotatable bonds is 4. The van der Waals surface area contributed by atoms with Crippen LogP contribution in [0.15, 0.2) is 35.5 Å². The molecule has 14 heavy (non-hydrogen) atoms. The van der Waals surface area contributed by atoms with E-state index >= 15 is 0 Å². The lowest BCUT2D eigenvalue weighted by molar-refractivity contribution is -0.117. The van der Waals surface area contributed by atoms with E-state index in [1.54, 1.807) is 6.92 Å². The monoisotopic (exact) mass is 191 g/mol. The molecule has 0 radical (unpaired) electrons. The Balaban J connectivity index is 2.79. The molecule has 0 spiro atoms. The summed E-state index contributed by atoms with van der Waals surface area (Å²) >= 11 is 0. The van der Waals surface area contributed by atoms with Gasteiger partial charge in [-0.05, 0) is 5.56 Å². The minimum absolute atomic E-state index is 0.0710. The zero-order chi connectivity index (χ0) is 10.4. The maximum absolute atomic E-state index is 11.2. The van der Waals surface area contributed by atoms with Crippen LogP contribution in [0.3, 0.4) is 0 Å². The number of ketones is 1. The Morgan fingerprint density at radius 1 is 1.36 bits per heavy atom. The van der Waals surface area contributed by atoms with Crippen LogP contribution in [-0.4, -0.2) is 16.7 Å². The summed E-state index contributed by atoms with van der Waals surface area (Å²) < 4.78 is 0. The highest BCUT2D eigenvalue weighted by Gasteiger charge is 2.08. The second-order valence-electron chi connectivity index (χ2n) is 2.98. The minimum Gasteiger partial charge on any atom is -0.411 e. The molecule has 0 saturated heterocycles. The van der Waals surface area contributed by atoms with Crippen LogP contribution in [0.4, 0.5) is 0 Å². The zero-order valence-corrected chi connectivity index (χ0v) is 8.10. The van der Waals surface area contributed by atoms with E-state index in [1.165, 1.54) is 0 Å². The average molecular weight is 191 g/mol. The molecule has 0 heterocycles. The number of Topliss-reactive ketones (excluding diaryl/α,β-unsaturated/α-hetero) is 1. The van der Waals surface area contributed by atoms with E-state index in [2.05, 4.69) is 5.16 Å². The first-order chi connectivity index (χ1) is 6.77. The standard InChI is InChI=1S/C11H13NO2/c1-2-10(13)8-11(12-14)9-6-4-3-5-7-9/h3-7,14H,2,8H2,1H3. The first-order valence-corrected chi connectivity index (χ1v) is 4.56. The van der Waals surface area contributed by atoms with Gasteiger partial charge in [-0.3, -0.25) is 4.79 Å². The lowest BCUT2D eigenvalue weighted by atomic mass is 10.0. The maximum atomic E-state index is 11.2. The molecule has 3 heteroatoms. The Morgan fingerprint density at radius 2 is 2.00 bits per heavy atom. The SMILES string of the molecule is CCC(=O)CC(=NO)c1ccccc1. The number of oxime groups is 1. The molecule has 0 aliphatic rings. The Kier molecular flexibility index (Phi) is 3.85. The van der Waals surface area contributed by atoms with Crippen molar-refractivity contribution in [3.8, 4) is 0 Å². The van der Waals surface area contributed by atoms with Crippen LogP contribution in [0, 0.1) is 0 Å². The largest absolute Gasteiger partial charge is 0.411 e. The second-order valence-corrected chi connectivity index (χ2v) is 2.98. The highest BCUT2D eigenvalue weighted by molar-refractivity contribution is 6.10. The fourth-order valence-electron chi connectivity index (χ4n) is 1.14. The smallest absolute Gasteiger partial charge is 0.138 e. The Morgan fingerprint density at radius 3 is 2.50 bits per heavy atom. The van der Waals surface area contributed by atoms with Gasteiger partial charge >= 0.3 is 0 Å². The molecular weight excluding hydrogens is 178 g/mol. The first-order valence-electron chi connectivity index (χ1n) is 4.56. The highest BCUT2D eigenvalue weighted by Crippen LogP contribution is 2.05. The summed E-state index contributed by atoms with van der Waals surface area (Å²) in [4.78, 5) is 11.2. The summed E-state index contributed by atoms with van der Waals surface area (Å²) in [5.41, 5.74) is 1.22. The molecule has 0 aromatic heterocycles. The van der Waals surface area contributed by atoms with Gasteiger partial charge in [0.2, 0.25) is 0 Å². The second kappa shape index (κ2) is 5.17. The lowest BCUT2D eigenvalue weighted by Crippen LogP contribution is -2.08. The summed E-state index contributed by atoms with van der Waals surface area (Å²) in [5, 5.41) is 11.9. The normalized spacial score (nSPS) is 11.4. The molecule has 1 rings (SSSR count). The number of hydrogen-bond acceptors (Lipinski definition) is 3. The van der Waals surface area contributed by atoms with E-state index < -0.39 is 0 Å². The van der Waals surface area contributed by atoms with Crippen LogP contribution in [0.25, 0.3) is 0 Å². The van der Waals surface area contributed by atoms with Gasteiger partial charge in [0.1, 0.15) is 5.78 Å². The molecule has 0 aliphatic heterocycles. The molecule has 0 amide bonds. The van der Waals surface area contributed by atoms with Gasteiger partial charge in [0, 0.05) is 6.42 Å². The number of carbonyl (C=O) groups is 1. The van der Waals surface area contributed by atoms with Crippen LogP contribution in [0.2, 0.25) is 0 Å². The predicted octanol–water partition coefficient (Wildman–Crippen LogP) is 2.23. The van der Waals surface area contributed by atoms with Crippen molar-refractivity contribution in [1.29, 1.82) is 0 Å². The maximum Gasteiger partial charge on any atom is 0.138 e. The molecule has 0 fully saturated rings. The molecule has 1 aromatic rings. The van der Waals surface area contributed by atoms with Gasteiger partial charge < -0.3 is 5.21 Å². The van der Waals surface area contributed by atoms with Crippen LogP contribution >= 0.6 is 0 Å². The lowest BCUT2D eigenvalue weighted by Gasteiger charge is -2.02. The van der Waals surface area contributed by atoms with Gasteiger partial charge in [0.25, 0.3) is 0 Å². The van der Waals surface area contributed by atoms with Gasteiger partial charge in [0.05, 0.1) is 12.1 Å². The fourth-order valence-corrected chi connectivity index (χ4v) is 1.14. The predicted molar refractivity (Wildman–Crippen MR) is 54.7 cm³/mol. The Hall–Kier alpha value is -1.64. The van der Waals surface area contributed by atoms with Gasteiger partial charge in [0.15, 0.2) is 0 Å². The third-order valence-corrected chi connectivity index (χ3v) is 1.99. The van der Waals surface area contributed by atoms with Gasteiger partial charge in [-0.2, -0.15) is 0 Å². The molecule has 0 bridgehead atoms. The molecule has 0 unspecified atom stereocenters. The number of nitrogens with zero attached hydrogens (tertiary/aromatic N) is 1. The van der Waals surface area contributed by atoms with Crippen molar-refractivity contribution in [3.05, 3.63) is 35.9 Å². The molecule has 1 N–H and O–H groups in total. The third-order valence-electron chi connectivity index (χ3n) is 1.99. The Bertz CT molecular complexity index is 330. The highest BCUT2D eigenvalue weighted by atomic mass is 16.4. The van der Waals surface area contributed by atoms with Crippen molar-refractivity contribution in [2.45, 2.75) is 19.8 Å². The fraction of sp³-hybridized carbons (Fsp3) is 0.273. The van der Waals surface area contributed by atoms with E-state index in [9.17, 15) is 4.79 Å². The Labute approximate surface area is 83.1 Å². The molecule has 1 aromatic carbocycles. The summed E-state index contributed by atoms with van der Waals surface area (Å²) in [6.45, 7) is 1.79. The van der Waals surface area contributed by atoms with Crippen molar-refractivity contribution in [3.63, 3.8) is 0 Å². The third kappa shape index (κ3) is 2.69. The number of carbonyl (C=O) groups excluding carboxylic acids is 1. The molecule has 3 nitrogen and oxygen atoms in total. The van der Waals surface area contributed by atoms with Crippen molar-refractivity contribution in [1.82, 2.24) is 0 Å². The zero-order valence-electron chi connectivity index (χ0n) is 8.10. The molecule has 0 saturated carbocycles. The van der Waals surface area contributed by atoms with Crippen molar-refractivity contribution < 1.29 is 10.0 Å². The topological polar surface area (TPSA) is 49.7 Å². The van der Waals surface area contributed by atoms with Crippen LogP contribution in [0.5, 0.6) is 0 Å². The van der Waals surface area contributed by atoms with Crippen molar-refractivity contribution in [2.75, 3.05) is 0 Å². The molecule has 0 aliphatic carbocycles. The number of benzene rings is 1. The summed E-state index contributed by atoms with van der Waals surface area (Å²) in [6.07, 6.45) is 0.656. The van der Waals surface area contributed by atoms with E-state index in [4.69, 9.17) is 5.21 Å². The molecular formula is C11H13NO2. The van der Waals surface area contributed by atoms with Crippen LogP contribution in [-0.2, 0) is 4.79 Å². The van der Waals surface area contributed by atoms with Gasteiger partial charge in [-0.15, -0.1) is 0 Å². The van der Waals surface area contributed by atoms with Gasteiger partial charge in [-0.1, -0.05) is 42.4 Å². The summed E-state index contributed by atoms with van der Waals surface area (Å²) in [5.74, 6) is 0.0710. The van der Waals surface area contributed by atoms with E-state index in [0.29, 0.717) is 12.1 Å². The van der Waals surface area contributed by atoms with Crippen LogP contribution in [0.1, 0.15) is 25.3 Å². The number of hydrogen-bond donors (Lipinski definition) is 1. The quantitative estimate of drug-likeness (QED) is 0.450. The van der Waals surface area contributed by atoms with E-state index in [0.717, 1.165) is 5.56 Å².